The molecule has 0 unspecified atom stereocenters. The molecule has 18 heteroatoms. The van der Waals surface area contributed by atoms with Crippen LogP contribution in [0, 0.1) is 52.1 Å². The zero-order chi connectivity index (χ0) is 28.1. The summed E-state index contributed by atoms with van der Waals surface area (Å²) in [5.74, 6) is -4.32. The predicted octanol–water partition coefficient (Wildman–Crippen LogP) is 2.69. The first-order valence-corrected chi connectivity index (χ1v) is 9.19. The van der Waals surface area contributed by atoms with Crippen LogP contribution >= 0.6 is 0 Å². The van der Waals surface area contributed by atoms with Crippen LogP contribution in [-0.4, -0.2) is 69.5 Å². The third-order valence-corrected chi connectivity index (χ3v) is 4.16. The monoisotopic (exact) mass is 514 g/mol. The Kier molecular flexibility index (Phi) is 9.07. The zero-order valence-corrected chi connectivity index (χ0v) is 18.8. The van der Waals surface area contributed by atoms with Gasteiger partial charge in [-0.05, 0) is 0 Å². The molecule has 2 amide bonds. The Balaban J connectivity index is 0.000000360. The molecule has 0 heterocycles. The van der Waals surface area contributed by atoms with Gasteiger partial charge in [-0.3, -0.25) is 50.0 Å². The molecule has 0 N–H and O–H groups in total. The van der Waals surface area contributed by atoms with Crippen LogP contribution in [0.5, 0.6) is 0 Å². The molecule has 0 atom stereocenters. The molecule has 0 saturated heterocycles. The molecule has 0 bridgehead atoms. The number of hydrogen-bond donors (Lipinski definition) is 0. The van der Waals surface area contributed by atoms with Crippen LogP contribution in [0.1, 0.15) is 20.7 Å². The van der Waals surface area contributed by atoms with Gasteiger partial charge in [-0.2, -0.15) is 0 Å². The summed E-state index contributed by atoms with van der Waals surface area (Å²) in [6, 6.07) is 1.98. The van der Waals surface area contributed by atoms with E-state index in [1.54, 1.807) is 0 Å². The molecule has 0 radical (unpaired) electrons. The van der Waals surface area contributed by atoms with Gasteiger partial charge in [0, 0.05) is 28.2 Å². The van der Waals surface area contributed by atoms with Gasteiger partial charge in [0.15, 0.2) is 11.1 Å². The summed E-state index contributed by atoms with van der Waals surface area (Å²) in [6.07, 6.45) is 0. The molecular formula is C18H16F2N6O10. The highest BCUT2D eigenvalue weighted by molar-refractivity contribution is 6.02. The number of nitrogens with zero attached hydrogens (tertiary/aromatic N) is 6. The maximum absolute atomic E-state index is 13.6. The van der Waals surface area contributed by atoms with Crippen LogP contribution in [0.2, 0.25) is 0 Å². The number of halogens is 2. The maximum atomic E-state index is 13.6. The lowest BCUT2D eigenvalue weighted by Crippen LogP contribution is -2.24. The van der Waals surface area contributed by atoms with Crippen LogP contribution in [0.4, 0.5) is 31.5 Å². The van der Waals surface area contributed by atoms with Crippen molar-refractivity contribution in [2.24, 2.45) is 0 Å². The molecule has 0 aromatic heterocycles. The molecule has 36 heavy (non-hydrogen) atoms. The highest BCUT2D eigenvalue weighted by atomic mass is 19.1. The standard InChI is InChI=1S/2C9H8FN3O5/c1-11(2)9(14)8-6(10)3-5(12(15)16)4-7(8)13(17)18;1-11(2)9(14)8-6(12(15)16)3-5(10)4-7(8)13(17)18/h2*3-4H,1-2H3. The van der Waals surface area contributed by atoms with Crippen molar-refractivity contribution in [3.63, 3.8) is 0 Å². The highest BCUT2D eigenvalue weighted by Gasteiger charge is 2.33. The van der Waals surface area contributed by atoms with E-state index in [0.29, 0.717) is 24.3 Å². The summed E-state index contributed by atoms with van der Waals surface area (Å²) in [6.45, 7) is 0. The van der Waals surface area contributed by atoms with Gasteiger partial charge < -0.3 is 9.80 Å². The molecule has 2 rings (SSSR count). The largest absolute Gasteiger partial charge is 0.344 e. The first-order valence-electron chi connectivity index (χ1n) is 9.19. The van der Waals surface area contributed by atoms with Crippen molar-refractivity contribution in [2.75, 3.05) is 28.2 Å². The Morgan fingerprint density at radius 2 is 1.00 bits per heavy atom. The normalized spacial score (nSPS) is 9.94. The second-order valence-electron chi connectivity index (χ2n) is 7.07. The van der Waals surface area contributed by atoms with Gasteiger partial charge in [-0.25, -0.2) is 8.78 Å². The van der Waals surface area contributed by atoms with Crippen molar-refractivity contribution < 1.29 is 38.1 Å². The molecule has 2 aromatic rings. The summed E-state index contributed by atoms with van der Waals surface area (Å²) in [5.41, 5.74) is -5.11. The zero-order valence-electron chi connectivity index (χ0n) is 18.8. The van der Waals surface area contributed by atoms with E-state index in [-0.39, 0.29) is 0 Å². The van der Waals surface area contributed by atoms with Crippen LogP contribution in [0.25, 0.3) is 0 Å². The average Bonchev–Trinajstić information content (AvgIpc) is 2.76. The lowest BCUT2D eigenvalue weighted by Gasteiger charge is -2.10. The van der Waals surface area contributed by atoms with Crippen molar-refractivity contribution >= 4 is 34.6 Å². The minimum atomic E-state index is -1.30. The number of rotatable bonds is 6. The highest BCUT2D eigenvalue weighted by Crippen LogP contribution is 2.31. The van der Waals surface area contributed by atoms with E-state index < -0.39 is 77.0 Å². The third-order valence-electron chi connectivity index (χ3n) is 4.16. The fraction of sp³-hybridized carbons (Fsp3) is 0.222. The molecular weight excluding hydrogens is 498 g/mol. The Labute approximate surface area is 198 Å². The predicted molar refractivity (Wildman–Crippen MR) is 115 cm³/mol. The Bertz CT molecular complexity index is 1230. The van der Waals surface area contributed by atoms with Crippen molar-refractivity contribution in [1.29, 1.82) is 0 Å². The van der Waals surface area contributed by atoms with Gasteiger partial charge in [0.1, 0.15) is 11.6 Å². The fourth-order valence-electron chi connectivity index (χ4n) is 2.57. The van der Waals surface area contributed by atoms with Crippen LogP contribution < -0.4 is 0 Å². The number of hydrogen-bond acceptors (Lipinski definition) is 10. The first-order chi connectivity index (χ1) is 16.5. The molecule has 0 aliphatic heterocycles. The average molecular weight is 514 g/mol. The van der Waals surface area contributed by atoms with Gasteiger partial charge in [-0.1, -0.05) is 0 Å². The minimum Gasteiger partial charge on any atom is -0.344 e. The summed E-state index contributed by atoms with van der Waals surface area (Å²) in [7, 11) is 5.12. The van der Waals surface area contributed by atoms with Crippen LogP contribution in [0.3, 0.4) is 0 Å². The molecule has 192 valence electrons. The molecule has 0 aliphatic carbocycles. The summed E-state index contributed by atoms with van der Waals surface area (Å²) < 4.78 is 26.6. The number of nitro benzene ring substituents is 4. The van der Waals surface area contributed by atoms with Gasteiger partial charge >= 0.3 is 0 Å². The van der Waals surface area contributed by atoms with E-state index in [1.165, 1.54) is 28.2 Å². The lowest BCUT2D eigenvalue weighted by molar-refractivity contribution is -0.395. The number of nitro groups is 4. The van der Waals surface area contributed by atoms with Crippen molar-refractivity contribution in [1.82, 2.24) is 9.80 Å². The number of benzene rings is 2. The topological polar surface area (TPSA) is 213 Å². The Hall–Kier alpha value is -5.16. The van der Waals surface area contributed by atoms with Crippen molar-refractivity contribution in [3.05, 3.63) is 87.5 Å². The number of carbonyl (C=O) groups is 2. The SMILES string of the molecule is CN(C)C(=O)c1c(F)cc([N+](=O)[O-])cc1[N+](=O)[O-].CN(C)C(=O)c1c([N+](=O)[O-])cc(F)cc1[N+](=O)[O-]. The lowest BCUT2D eigenvalue weighted by atomic mass is 10.1. The summed E-state index contributed by atoms with van der Waals surface area (Å²) >= 11 is 0. The van der Waals surface area contributed by atoms with E-state index in [2.05, 4.69) is 0 Å². The molecule has 0 fully saturated rings. The molecule has 0 saturated carbocycles. The van der Waals surface area contributed by atoms with Gasteiger partial charge in [0.05, 0.1) is 44.0 Å². The second kappa shape index (κ2) is 11.3. The second-order valence-corrected chi connectivity index (χ2v) is 7.07. The van der Waals surface area contributed by atoms with E-state index in [4.69, 9.17) is 0 Å². The quantitative estimate of drug-likeness (QED) is 0.406. The van der Waals surface area contributed by atoms with E-state index in [9.17, 15) is 58.8 Å². The molecule has 2 aromatic carbocycles. The van der Waals surface area contributed by atoms with Crippen molar-refractivity contribution in [2.45, 2.75) is 0 Å². The Morgan fingerprint density at radius 3 is 1.33 bits per heavy atom. The minimum absolute atomic E-state index is 0.476. The molecule has 0 aliphatic rings. The number of non-ortho nitro benzene ring substituents is 1. The van der Waals surface area contributed by atoms with Gasteiger partial charge in [0.25, 0.3) is 34.6 Å². The third kappa shape index (κ3) is 6.46. The Morgan fingerprint density at radius 1 is 0.639 bits per heavy atom. The van der Waals surface area contributed by atoms with Crippen LogP contribution in [-0.2, 0) is 0 Å². The number of amides is 2. The first kappa shape index (κ1) is 28.9. The maximum Gasteiger partial charge on any atom is 0.292 e. The van der Waals surface area contributed by atoms with Gasteiger partial charge in [-0.15, -0.1) is 0 Å². The smallest absolute Gasteiger partial charge is 0.292 e. The summed E-state index contributed by atoms with van der Waals surface area (Å²) in [4.78, 5) is 63.7. The fourth-order valence-corrected chi connectivity index (χ4v) is 2.57. The van der Waals surface area contributed by atoms with E-state index in [1.807, 2.05) is 0 Å². The van der Waals surface area contributed by atoms with E-state index >= 15 is 0 Å². The van der Waals surface area contributed by atoms with E-state index in [0.717, 1.165) is 9.80 Å². The number of carbonyl (C=O) groups excluding carboxylic acids is 2. The molecule has 0 spiro atoms. The molecule has 16 nitrogen and oxygen atoms in total. The van der Waals surface area contributed by atoms with Gasteiger partial charge in [0.2, 0.25) is 0 Å². The van der Waals surface area contributed by atoms with Crippen LogP contribution in [0.15, 0.2) is 24.3 Å². The summed E-state index contributed by atoms with van der Waals surface area (Å²) in [5, 5.41) is 42.6. The van der Waals surface area contributed by atoms with Crippen molar-refractivity contribution in [3.8, 4) is 0 Å².